The molecular weight excluding hydrogens is 372 g/mol. The number of amides is 1. The van der Waals surface area contributed by atoms with Gasteiger partial charge in [0.05, 0.1) is 17.7 Å². The fourth-order valence-corrected chi connectivity index (χ4v) is 4.09. The van der Waals surface area contributed by atoms with Crippen LogP contribution < -0.4 is 10.1 Å². The molecule has 134 valence electrons. The van der Waals surface area contributed by atoms with E-state index >= 15 is 0 Å². The predicted molar refractivity (Wildman–Crippen MR) is 100.0 cm³/mol. The van der Waals surface area contributed by atoms with Crippen molar-refractivity contribution in [3.8, 4) is 16.6 Å². The molecule has 0 saturated heterocycles. The topological polar surface area (TPSA) is 86.3 Å². The lowest BCUT2D eigenvalue weighted by Gasteiger charge is -2.04. The van der Waals surface area contributed by atoms with Crippen molar-refractivity contribution < 1.29 is 9.53 Å². The van der Waals surface area contributed by atoms with Crippen LogP contribution in [-0.2, 0) is 13.5 Å². The third-order valence-corrected chi connectivity index (χ3v) is 5.52. The fourth-order valence-electron chi connectivity index (χ4n) is 2.58. The molecule has 0 aliphatic rings. The summed E-state index contributed by atoms with van der Waals surface area (Å²) < 4.78 is 8.52. The average Bonchev–Trinajstić information content (AvgIpc) is 3.38. The van der Waals surface area contributed by atoms with E-state index in [-0.39, 0.29) is 5.91 Å². The standard InChI is InChI=1S/C16H16N6O2S2/c1-21-8-11(15(20-21)24-2)14(23)17-6-5-10-9-26-16-18-13(19-22(10)16)12-4-3-7-25-12/h3-4,7-9H,5-6H2,1-2H3,(H,17,23). The smallest absolute Gasteiger partial charge is 0.258 e. The van der Waals surface area contributed by atoms with Gasteiger partial charge in [0.25, 0.3) is 5.91 Å². The lowest BCUT2D eigenvalue weighted by Crippen LogP contribution is -2.26. The first kappa shape index (κ1) is 16.7. The Morgan fingerprint density at radius 3 is 3.00 bits per heavy atom. The van der Waals surface area contributed by atoms with Crippen LogP contribution in [0, 0.1) is 0 Å². The molecule has 4 aromatic rings. The maximum atomic E-state index is 12.3. The number of aryl methyl sites for hydroxylation is 1. The summed E-state index contributed by atoms with van der Waals surface area (Å²) >= 11 is 3.16. The second kappa shape index (κ2) is 6.89. The van der Waals surface area contributed by atoms with Crippen LogP contribution in [-0.4, -0.2) is 43.9 Å². The molecule has 0 unspecified atom stereocenters. The van der Waals surface area contributed by atoms with E-state index in [0.29, 0.717) is 24.4 Å². The predicted octanol–water partition coefficient (Wildman–Crippen LogP) is 2.23. The van der Waals surface area contributed by atoms with Crippen LogP contribution in [0.5, 0.6) is 5.88 Å². The number of carbonyl (C=O) groups excluding carboxylic acids is 1. The van der Waals surface area contributed by atoms with Crippen LogP contribution in [0.25, 0.3) is 15.7 Å². The molecule has 0 fully saturated rings. The molecule has 4 rings (SSSR count). The lowest BCUT2D eigenvalue weighted by molar-refractivity contribution is 0.0951. The zero-order valence-electron chi connectivity index (χ0n) is 14.2. The molecular formula is C16H16N6O2S2. The van der Waals surface area contributed by atoms with Gasteiger partial charge in [-0.2, -0.15) is 4.98 Å². The number of thiophene rings is 1. The molecule has 4 heterocycles. The molecule has 0 atom stereocenters. The number of hydrogen-bond acceptors (Lipinski definition) is 7. The molecule has 4 aromatic heterocycles. The van der Waals surface area contributed by atoms with Crippen LogP contribution >= 0.6 is 22.7 Å². The summed E-state index contributed by atoms with van der Waals surface area (Å²) in [7, 11) is 3.24. The highest BCUT2D eigenvalue weighted by Gasteiger charge is 2.16. The first-order valence-electron chi connectivity index (χ1n) is 7.88. The molecule has 0 bridgehead atoms. The Morgan fingerprint density at radius 1 is 1.35 bits per heavy atom. The molecule has 1 amide bonds. The normalized spacial score (nSPS) is 11.2. The summed E-state index contributed by atoms with van der Waals surface area (Å²) in [4.78, 5) is 18.8. The highest BCUT2D eigenvalue weighted by molar-refractivity contribution is 7.15. The van der Waals surface area contributed by atoms with Gasteiger partial charge in [-0.05, 0) is 11.4 Å². The second-order valence-corrected chi connectivity index (χ2v) is 7.35. The first-order chi connectivity index (χ1) is 12.7. The average molecular weight is 388 g/mol. The number of carbonyl (C=O) groups is 1. The molecule has 8 nitrogen and oxygen atoms in total. The van der Waals surface area contributed by atoms with Crippen molar-refractivity contribution in [3.63, 3.8) is 0 Å². The number of nitrogens with zero attached hydrogens (tertiary/aromatic N) is 5. The van der Waals surface area contributed by atoms with Crippen molar-refractivity contribution >= 4 is 33.5 Å². The van der Waals surface area contributed by atoms with Crippen LogP contribution in [0.15, 0.2) is 29.1 Å². The molecule has 0 spiro atoms. The molecule has 0 aromatic carbocycles. The largest absolute Gasteiger partial charge is 0.479 e. The van der Waals surface area contributed by atoms with Gasteiger partial charge in [-0.1, -0.05) is 6.07 Å². The van der Waals surface area contributed by atoms with Gasteiger partial charge in [-0.25, -0.2) is 4.52 Å². The number of aromatic nitrogens is 5. The number of nitrogens with one attached hydrogen (secondary N) is 1. The third-order valence-electron chi connectivity index (χ3n) is 3.79. The molecule has 0 radical (unpaired) electrons. The Morgan fingerprint density at radius 2 is 2.23 bits per heavy atom. The quantitative estimate of drug-likeness (QED) is 0.547. The van der Waals surface area contributed by atoms with E-state index in [0.717, 1.165) is 21.4 Å². The van der Waals surface area contributed by atoms with E-state index in [4.69, 9.17) is 4.74 Å². The first-order valence-corrected chi connectivity index (χ1v) is 9.64. The van der Waals surface area contributed by atoms with Crippen LogP contribution in [0.3, 0.4) is 0 Å². The second-order valence-electron chi connectivity index (χ2n) is 5.57. The number of methoxy groups -OCH3 is 1. The number of thiazole rings is 1. The van der Waals surface area contributed by atoms with Gasteiger partial charge in [-0.15, -0.1) is 32.9 Å². The Hall–Kier alpha value is -2.72. The Bertz CT molecular complexity index is 1050. The molecule has 26 heavy (non-hydrogen) atoms. The van der Waals surface area contributed by atoms with Gasteiger partial charge in [0, 0.05) is 31.6 Å². The summed E-state index contributed by atoms with van der Waals surface area (Å²) in [6, 6.07) is 3.99. The fraction of sp³-hybridized carbons (Fsp3) is 0.250. The lowest BCUT2D eigenvalue weighted by atomic mass is 10.3. The van der Waals surface area contributed by atoms with Gasteiger partial charge < -0.3 is 10.1 Å². The van der Waals surface area contributed by atoms with E-state index in [1.54, 1.807) is 40.6 Å². The van der Waals surface area contributed by atoms with E-state index in [1.807, 2.05) is 27.4 Å². The van der Waals surface area contributed by atoms with Crippen molar-refractivity contribution in [2.24, 2.45) is 7.05 Å². The van der Waals surface area contributed by atoms with E-state index < -0.39 is 0 Å². The summed E-state index contributed by atoms with van der Waals surface area (Å²) in [6.45, 7) is 0.483. The van der Waals surface area contributed by atoms with Crippen molar-refractivity contribution in [3.05, 3.63) is 40.3 Å². The monoisotopic (exact) mass is 388 g/mol. The third kappa shape index (κ3) is 3.08. The number of fused-ring (bicyclic) bond motifs is 1. The Balaban J connectivity index is 1.44. The summed E-state index contributed by atoms with van der Waals surface area (Å²) in [5.41, 5.74) is 1.44. The van der Waals surface area contributed by atoms with Gasteiger partial charge in [-0.3, -0.25) is 9.48 Å². The number of ether oxygens (including phenoxy) is 1. The van der Waals surface area contributed by atoms with Crippen LogP contribution in [0.2, 0.25) is 0 Å². The van der Waals surface area contributed by atoms with E-state index in [1.165, 1.54) is 7.11 Å². The van der Waals surface area contributed by atoms with Gasteiger partial charge in [0.2, 0.25) is 10.8 Å². The molecule has 1 N–H and O–H groups in total. The highest BCUT2D eigenvalue weighted by Crippen LogP contribution is 2.24. The highest BCUT2D eigenvalue weighted by atomic mass is 32.1. The SMILES string of the molecule is COc1nn(C)cc1C(=O)NCCc1csc2nc(-c3cccs3)nn12. The molecule has 0 aliphatic carbocycles. The summed E-state index contributed by atoms with van der Waals surface area (Å²) in [5.74, 6) is 0.844. The maximum Gasteiger partial charge on any atom is 0.258 e. The summed E-state index contributed by atoms with van der Waals surface area (Å²) in [5, 5.41) is 15.6. The van der Waals surface area contributed by atoms with E-state index in [2.05, 4.69) is 20.5 Å². The van der Waals surface area contributed by atoms with Crippen LogP contribution in [0.4, 0.5) is 0 Å². The Labute approximate surface area is 157 Å². The van der Waals surface area contributed by atoms with Crippen molar-refractivity contribution in [1.29, 1.82) is 0 Å². The van der Waals surface area contributed by atoms with Gasteiger partial charge in [0.15, 0.2) is 5.82 Å². The van der Waals surface area contributed by atoms with Gasteiger partial charge >= 0.3 is 0 Å². The zero-order chi connectivity index (χ0) is 18.1. The minimum absolute atomic E-state index is 0.209. The minimum atomic E-state index is -0.209. The Kier molecular flexibility index (Phi) is 4.43. The summed E-state index contributed by atoms with van der Waals surface area (Å²) in [6.07, 6.45) is 2.29. The van der Waals surface area contributed by atoms with Crippen molar-refractivity contribution in [2.75, 3.05) is 13.7 Å². The molecule has 10 heteroatoms. The number of hydrogen-bond donors (Lipinski definition) is 1. The van der Waals surface area contributed by atoms with Crippen molar-refractivity contribution in [1.82, 2.24) is 29.7 Å². The zero-order valence-corrected chi connectivity index (χ0v) is 15.8. The minimum Gasteiger partial charge on any atom is -0.479 e. The van der Waals surface area contributed by atoms with Crippen molar-refractivity contribution in [2.45, 2.75) is 6.42 Å². The van der Waals surface area contributed by atoms with Gasteiger partial charge in [0.1, 0.15) is 5.56 Å². The molecule has 0 saturated carbocycles. The van der Waals surface area contributed by atoms with Crippen LogP contribution in [0.1, 0.15) is 16.1 Å². The maximum absolute atomic E-state index is 12.3. The van der Waals surface area contributed by atoms with E-state index in [9.17, 15) is 4.79 Å². The number of rotatable bonds is 6. The molecule has 0 aliphatic heterocycles.